The van der Waals surface area contributed by atoms with E-state index < -0.39 is 0 Å². The molecular formula is C13H18ClN5O. The molecule has 0 unspecified atom stereocenters. The highest BCUT2D eigenvalue weighted by Crippen LogP contribution is 2.13. The fourth-order valence-electron chi connectivity index (χ4n) is 2.35. The van der Waals surface area contributed by atoms with E-state index in [0.717, 1.165) is 38.4 Å². The molecule has 20 heavy (non-hydrogen) atoms. The number of fused-ring (bicyclic) bond motifs is 1. The van der Waals surface area contributed by atoms with Crippen molar-refractivity contribution in [3.8, 4) is 0 Å². The summed E-state index contributed by atoms with van der Waals surface area (Å²) in [5.41, 5.74) is 0.699. The smallest absolute Gasteiger partial charge is 0.227 e. The zero-order valence-corrected chi connectivity index (χ0v) is 12.2. The average molecular weight is 296 g/mol. The van der Waals surface area contributed by atoms with E-state index >= 15 is 0 Å². The third-order valence-electron chi connectivity index (χ3n) is 3.44. The van der Waals surface area contributed by atoms with Gasteiger partial charge < -0.3 is 14.8 Å². The quantitative estimate of drug-likeness (QED) is 0.881. The van der Waals surface area contributed by atoms with Crippen molar-refractivity contribution in [1.29, 1.82) is 0 Å². The Hall–Kier alpha value is -1.66. The highest BCUT2D eigenvalue weighted by atomic mass is 35.5. The summed E-state index contributed by atoms with van der Waals surface area (Å²) in [6, 6.07) is 1.57. The maximum atomic E-state index is 11.8. The summed E-state index contributed by atoms with van der Waals surface area (Å²) in [5.74, 6) is 0.710. The number of hydrogen-bond acceptors (Lipinski definition) is 5. The predicted octanol–water partition coefficient (Wildman–Crippen LogP) is 0.643. The Morgan fingerprint density at radius 2 is 2.10 bits per heavy atom. The van der Waals surface area contributed by atoms with Crippen LogP contribution in [0.1, 0.15) is 6.92 Å². The Morgan fingerprint density at radius 3 is 2.80 bits per heavy atom. The highest BCUT2D eigenvalue weighted by molar-refractivity contribution is 5.85. The number of nitrogens with one attached hydrogen (secondary N) is 1. The maximum Gasteiger partial charge on any atom is 0.227 e. The van der Waals surface area contributed by atoms with Crippen molar-refractivity contribution >= 4 is 29.4 Å². The first kappa shape index (κ1) is 14.7. The van der Waals surface area contributed by atoms with Crippen molar-refractivity contribution < 1.29 is 0 Å². The molecule has 2 aromatic rings. The van der Waals surface area contributed by atoms with E-state index in [9.17, 15) is 4.79 Å². The van der Waals surface area contributed by atoms with Gasteiger partial charge in [0.15, 0.2) is 5.43 Å². The van der Waals surface area contributed by atoms with Crippen LogP contribution in [0.2, 0.25) is 0 Å². The number of hydrogen-bond donors (Lipinski definition) is 1. The van der Waals surface area contributed by atoms with Crippen LogP contribution in [0, 0.1) is 0 Å². The molecule has 0 aromatic carbocycles. The summed E-state index contributed by atoms with van der Waals surface area (Å²) < 4.78 is 1.98. The van der Waals surface area contributed by atoms with Gasteiger partial charge in [-0.25, -0.2) is 4.98 Å². The molecule has 0 amide bonds. The van der Waals surface area contributed by atoms with E-state index in [-0.39, 0.29) is 17.8 Å². The monoisotopic (exact) mass is 295 g/mol. The summed E-state index contributed by atoms with van der Waals surface area (Å²) in [7, 11) is 0. The molecular weight excluding hydrogens is 278 g/mol. The minimum Gasteiger partial charge on any atom is -0.338 e. The molecule has 1 fully saturated rings. The number of halogens is 1. The van der Waals surface area contributed by atoms with Gasteiger partial charge in [-0.15, -0.1) is 12.4 Å². The van der Waals surface area contributed by atoms with Crippen LogP contribution in [0.25, 0.3) is 11.0 Å². The van der Waals surface area contributed by atoms with Gasteiger partial charge in [0.2, 0.25) is 5.95 Å². The third-order valence-corrected chi connectivity index (χ3v) is 3.44. The average Bonchev–Trinajstić information content (AvgIpc) is 2.48. The number of aryl methyl sites for hydroxylation is 1. The molecule has 0 bridgehead atoms. The zero-order chi connectivity index (χ0) is 13.2. The van der Waals surface area contributed by atoms with Gasteiger partial charge in [-0.2, -0.15) is 4.98 Å². The molecule has 6 nitrogen and oxygen atoms in total. The van der Waals surface area contributed by atoms with E-state index in [2.05, 4.69) is 20.2 Å². The summed E-state index contributed by atoms with van der Waals surface area (Å²) in [5, 5.41) is 3.89. The lowest BCUT2D eigenvalue weighted by Crippen LogP contribution is -2.44. The topological polar surface area (TPSA) is 63.1 Å². The van der Waals surface area contributed by atoms with Gasteiger partial charge in [-0.1, -0.05) is 0 Å². The first-order valence-electron chi connectivity index (χ1n) is 6.61. The second kappa shape index (κ2) is 6.19. The first-order chi connectivity index (χ1) is 9.29. The minimum absolute atomic E-state index is 0. The van der Waals surface area contributed by atoms with E-state index in [1.807, 2.05) is 11.5 Å². The predicted molar refractivity (Wildman–Crippen MR) is 81.8 cm³/mol. The Labute approximate surface area is 123 Å². The Balaban J connectivity index is 0.00000147. The van der Waals surface area contributed by atoms with Gasteiger partial charge in [0.25, 0.3) is 0 Å². The number of piperazine rings is 1. The van der Waals surface area contributed by atoms with E-state index in [0.29, 0.717) is 11.3 Å². The van der Waals surface area contributed by atoms with Crippen molar-refractivity contribution in [1.82, 2.24) is 19.9 Å². The molecule has 1 N–H and O–H groups in total. The largest absolute Gasteiger partial charge is 0.338 e. The summed E-state index contributed by atoms with van der Waals surface area (Å²) >= 11 is 0. The molecule has 3 heterocycles. The maximum absolute atomic E-state index is 11.8. The number of nitrogens with zero attached hydrogens (tertiary/aromatic N) is 4. The van der Waals surface area contributed by atoms with Crippen molar-refractivity contribution in [3.05, 3.63) is 28.7 Å². The first-order valence-corrected chi connectivity index (χ1v) is 6.61. The summed E-state index contributed by atoms with van der Waals surface area (Å²) in [6.45, 7) is 6.50. The number of aromatic nitrogens is 3. The normalized spacial score (nSPS) is 15.2. The van der Waals surface area contributed by atoms with Crippen LogP contribution in [0.3, 0.4) is 0 Å². The number of anilines is 1. The standard InChI is InChI=1S/C13H17N5O.ClH/c1-2-17-6-3-11(19)10-9-15-13(16-12(10)17)18-7-4-14-5-8-18;/h3,6,9,14H,2,4-5,7-8H2,1H3;1H. The summed E-state index contributed by atoms with van der Waals surface area (Å²) in [6.07, 6.45) is 3.44. The molecule has 0 atom stereocenters. The SMILES string of the molecule is CCn1ccc(=O)c2cnc(N3CCNCC3)nc21.Cl. The number of pyridine rings is 1. The number of rotatable bonds is 2. The molecule has 0 spiro atoms. The molecule has 1 saturated heterocycles. The van der Waals surface area contributed by atoms with E-state index in [1.54, 1.807) is 18.5 Å². The van der Waals surface area contributed by atoms with Crippen LogP contribution in [0.4, 0.5) is 5.95 Å². The molecule has 3 rings (SSSR count). The van der Waals surface area contributed by atoms with Crippen LogP contribution >= 0.6 is 12.4 Å². The van der Waals surface area contributed by atoms with Gasteiger partial charge in [-0.3, -0.25) is 4.79 Å². The van der Waals surface area contributed by atoms with Crippen molar-refractivity contribution in [2.75, 3.05) is 31.1 Å². The third kappa shape index (κ3) is 2.62. The second-order valence-corrected chi connectivity index (χ2v) is 4.61. The molecule has 108 valence electrons. The highest BCUT2D eigenvalue weighted by Gasteiger charge is 2.14. The minimum atomic E-state index is -0.0217. The van der Waals surface area contributed by atoms with Crippen LogP contribution in [-0.4, -0.2) is 40.7 Å². The lowest BCUT2D eigenvalue weighted by Gasteiger charge is -2.27. The fraction of sp³-hybridized carbons (Fsp3) is 0.462. The molecule has 7 heteroatoms. The van der Waals surface area contributed by atoms with Gasteiger partial charge in [-0.05, 0) is 6.92 Å². The van der Waals surface area contributed by atoms with E-state index in [1.165, 1.54) is 0 Å². The van der Waals surface area contributed by atoms with E-state index in [4.69, 9.17) is 0 Å². The van der Waals surface area contributed by atoms with Gasteiger partial charge in [0, 0.05) is 51.2 Å². The van der Waals surface area contributed by atoms with Crippen molar-refractivity contribution in [2.45, 2.75) is 13.5 Å². The Morgan fingerprint density at radius 1 is 1.35 bits per heavy atom. The van der Waals surface area contributed by atoms with Crippen molar-refractivity contribution in [2.24, 2.45) is 0 Å². The molecule has 2 aromatic heterocycles. The summed E-state index contributed by atoms with van der Waals surface area (Å²) in [4.78, 5) is 22.9. The van der Waals surface area contributed by atoms with Crippen molar-refractivity contribution in [3.63, 3.8) is 0 Å². The lowest BCUT2D eigenvalue weighted by atomic mass is 10.3. The van der Waals surface area contributed by atoms with Gasteiger partial charge in [0.05, 0.1) is 5.39 Å². The molecule has 0 saturated carbocycles. The van der Waals surface area contributed by atoms with Crippen LogP contribution in [0.5, 0.6) is 0 Å². The molecule has 0 aliphatic carbocycles. The molecule has 1 aliphatic heterocycles. The second-order valence-electron chi connectivity index (χ2n) is 4.61. The van der Waals surface area contributed by atoms with Crippen LogP contribution in [0.15, 0.2) is 23.3 Å². The van der Waals surface area contributed by atoms with Gasteiger partial charge in [0.1, 0.15) is 5.65 Å². The molecule has 1 aliphatic rings. The van der Waals surface area contributed by atoms with Crippen LogP contribution in [-0.2, 0) is 6.54 Å². The molecule has 0 radical (unpaired) electrons. The zero-order valence-electron chi connectivity index (χ0n) is 11.4. The fourth-order valence-corrected chi connectivity index (χ4v) is 2.35. The Bertz CT molecular complexity index is 651. The van der Waals surface area contributed by atoms with Gasteiger partial charge >= 0.3 is 0 Å². The Kier molecular flexibility index (Phi) is 4.57. The lowest BCUT2D eigenvalue weighted by molar-refractivity contribution is 0.580. The van der Waals surface area contributed by atoms with Crippen LogP contribution < -0.4 is 15.6 Å².